The summed E-state index contributed by atoms with van der Waals surface area (Å²) in [5, 5.41) is 19.4. The van der Waals surface area contributed by atoms with Crippen LogP contribution in [0.5, 0.6) is 0 Å². The van der Waals surface area contributed by atoms with Gasteiger partial charge in [-0.1, -0.05) is 20.8 Å². The second-order valence-corrected chi connectivity index (χ2v) is 3.07. The number of hydrogen-bond donors (Lipinski definition) is 1. The molecule has 0 saturated carbocycles. The van der Waals surface area contributed by atoms with Crippen molar-refractivity contribution in [3.05, 3.63) is 0 Å². The Kier molecular flexibility index (Phi) is 7.56. The second-order valence-electron chi connectivity index (χ2n) is 3.07. The van der Waals surface area contributed by atoms with Gasteiger partial charge < -0.3 is 15.0 Å². The van der Waals surface area contributed by atoms with Crippen molar-refractivity contribution in [1.82, 2.24) is 0 Å². The zero-order valence-corrected chi connectivity index (χ0v) is 11.6. The first kappa shape index (κ1) is 16.0. The van der Waals surface area contributed by atoms with Crippen LogP contribution in [-0.2, 0) is 9.59 Å². The van der Waals surface area contributed by atoms with E-state index in [1.165, 1.54) is 6.92 Å². The number of aliphatic carboxylic acids is 2. The summed E-state index contributed by atoms with van der Waals surface area (Å²) in [7, 11) is 0. The first-order valence-corrected chi connectivity index (χ1v) is 3.84. The van der Waals surface area contributed by atoms with Crippen molar-refractivity contribution in [1.29, 1.82) is 0 Å². The Balaban J connectivity index is 0. The Hall–Kier alpha value is 0.576. The average molecular weight is 212 g/mol. The van der Waals surface area contributed by atoms with Gasteiger partial charge in [-0.2, -0.15) is 0 Å². The van der Waals surface area contributed by atoms with E-state index >= 15 is 0 Å². The zero-order chi connectivity index (χ0) is 9.94. The number of carboxylic acid groups (broad SMARTS) is 2. The standard InChI is InChI=1S/C8H14O4.K/c1-4-8(5(2)3,6(9)10)7(11)12;/h5H,4H2,1-3H3,(H,9,10)(H,11,12);/q;+1/p-1. The molecule has 0 heterocycles. The largest absolute Gasteiger partial charge is 1.00 e. The van der Waals surface area contributed by atoms with E-state index in [-0.39, 0.29) is 57.8 Å². The Morgan fingerprint density at radius 2 is 1.85 bits per heavy atom. The Bertz CT molecular complexity index is 186. The molecule has 70 valence electrons. The van der Waals surface area contributed by atoms with Crippen LogP contribution in [0, 0.1) is 11.3 Å². The summed E-state index contributed by atoms with van der Waals surface area (Å²) >= 11 is 0. The maximum Gasteiger partial charge on any atom is 1.00 e. The molecule has 1 atom stereocenters. The van der Waals surface area contributed by atoms with Crippen molar-refractivity contribution >= 4 is 11.9 Å². The van der Waals surface area contributed by atoms with Crippen LogP contribution in [0.25, 0.3) is 0 Å². The van der Waals surface area contributed by atoms with Gasteiger partial charge in [0, 0.05) is 0 Å². The van der Waals surface area contributed by atoms with Gasteiger partial charge in [0.25, 0.3) is 0 Å². The summed E-state index contributed by atoms with van der Waals surface area (Å²) < 4.78 is 0. The predicted molar refractivity (Wildman–Crippen MR) is 40.2 cm³/mol. The molecule has 0 rings (SSSR count). The summed E-state index contributed by atoms with van der Waals surface area (Å²) in [5.74, 6) is -3.29. The summed E-state index contributed by atoms with van der Waals surface area (Å²) in [4.78, 5) is 21.4. The SMILES string of the molecule is CCC(C(=O)[O-])(C(=O)O)C(C)C.[K+]. The van der Waals surface area contributed by atoms with Crippen molar-refractivity contribution in [2.24, 2.45) is 11.3 Å². The minimum Gasteiger partial charge on any atom is -0.549 e. The van der Waals surface area contributed by atoms with Crippen molar-refractivity contribution in [3.8, 4) is 0 Å². The smallest absolute Gasteiger partial charge is 0.549 e. The Labute approximate surface area is 120 Å². The molecule has 5 heteroatoms. The molecule has 13 heavy (non-hydrogen) atoms. The van der Waals surface area contributed by atoms with Gasteiger partial charge in [0.15, 0.2) is 0 Å². The molecule has 0 aromatic heterocycles. The first-order valence-electron chi connectivity index (χ1n) is 3.84. The van der Waals surface area contributed by atoms with Crippen LogP contribution in [0.1, 0.15) is 27.2 Å². The quantitative estimate of drug-likeness (QED) is 0.395. The molecule has 0 radical (unpaired) electrons. The van der Waals surface area contributed by atoms with E-state index in [4.69, 9.17) is 5.11 Å². The molecule has 1 N–H and O–H groups in total. The average Bonchev–Trinajstić information content (AvgIpc) is 1.86. The van der Waals surface area contributed by atoms with Gasteiger partial charge in [-0.05, 0) is 12.3 Å². The molecule has 0 amide bonds. The molecule has 0 bridgehead atoms. The predicted octanol–water partition coefficient (Wildman–Crippen LogP) is -3.12. The fourth-order valence-electron chi connectivity index (χ4n) is 1.27. The Morgan fingerprint density at radius 1 is 1.46 bits per heavy atom. The van der Waals surface area contributed by atoms with Crippen LogP contribution in [0.4, 0.5) is 0 Å². The fraction of sp³-hybridized carbons (Fsp3) is 0.750. The van der Waals surface area contributed by atoms with Crippen molar-refractivity contribution < 1.29 is 71.2 Å². The topological polar surface area (TPSA) is 77.4 Å². The minimum absolute atomic E-state index is 0. The normalized spacial score (nSPS) is 14.5. The van der Waals surface area contributed by atoms with Crippen LogP contribution < -0.4 is 56.5 Å². The molecular formula is C8H13KO4. The van der Waals surface area contributed by atoms with E-state index in [9.17, 15) is 14.7 Å². The van der Waals surface area contributed by atoms with Gasteiger partial charge >= 0.3 is 57.4 Å². The van der Waals surface area contributed by atoms with E-state index in [0.717, 1.165) is 0 Å². The summed E-state index contributed by atoms with van der Waals surface area (Å²) in [6.07, 6.45) is 0.0440. The maximum atomic E-state index is 10.7. The van der Waals surface area contributed by atoms with Crippen LogP contribution >= 0.6 is 0 Å². The first-order chi connectivity index (χ1) is 5.39. The molecule has 1 unspecified atom stereocenters. The Morgan fingerprint density at radius 3 is 1.85 bits per heavy atom. The third kappa shape index (κ3) is 3.02. The van der Waals surface area contributed by atoms with Crippen LogP contribution in [0.15, 0.2) is 0 Å². The maximum absolute atomic E-state index is 10.7. The molecule has 0 aliphatic carbocycles. The van der Waals surface area contributed by atoms with E-state index in [1.54, 1.807) is 13.8 Å². The third-order valence-electron chi connectivity index (χ3n) is 2.29. The number of carboxylic acids is 2. The van der Waals surface area contributed by atoms with Crippen LogP contribution in [0.3, 0.4) is 0 Å². The van der Waals surface area contributed by atoms with Gasteiger partial charge in [0.05, 0.1) is 5.97 Å². The van der Waals surface area contributed by atoms with Gasteiger partial charge in [-0.15, -0.1) is 0 Å². The summed E-state index contributed by atoms with van der Waals surface area (Å²) in [5.41, 5.74) is -1.74. The van der Waals surface area contributed by atoms with Gasteiger partial charge in [0.2, 0.25) is 0 Å². The molecule has 0 aromatic rings. The van der Waals surface area contributed by atoms with Crippen molar-refractivity contribution in [2.75, 3.05) is 0 Å². The van der Waals surface area contributed by atoms with Gasteiger partial charge in [0.1, 0.15) is 5.41 Å². The molecule has 0 aromatic carbocycles. The molecule has 0 fully saturated rings. The van der Waals surface area contributed by atoms with E-state index in [2.05, 4.69) is 0 Å². The fourth-order valence-corrected chi connectivity index (χ4v) is 1.27. The number of carbonyl (C=O) groups excluding carboxylic acids is 1. The number of carbonyl (C=O) groups is 2. The summed E-state index contributed by atoms with van der Waals surface area (Å²) in [6.45, 7) is 4.66. The van der Waals surface area contributed by atoms with Gasteiger partial charge in [-0.3, -0.25) is 4.79 Å². The van der Waals surface area contributed by atoms with Crippen molar-refractivity contribution in [3.63, 3.8) is 0 Å². The van der Waals surface area contributed by atoms with Crippen molar-refractivity contribution in [2.45, 2.75) is 27.2 Å². The van der Waals surface area contributed by atoms with Gasteiger partial charge in [-0.25, -0.2) is 0 Å². The number of rotatable bonds is 4. The van der Waals surface area contributed by atoms with Crippen LogP contribution in [-0.4, -0.2) is 17.0 Å². The van der Waals surface area contributed by atoms with E-state index < -0.39 is 23.3 Å². The molecular weight excluding hydrogens is 199 g/mol. The van der Waals surface area contributed by atoms with E-state index in [1.807, 2.05) is 0 Å². The molecule has 0 aliphatic rings. The zero-order valence-electron chi connectivity index (χ0n) is 8.46. The second kappa shape index (κ2) is 6.13. The third-order valence-corrected chi connectivity index (χ3v) is 2.29. The molecule has 0 saturated heterocycles. The molecule has 0 aliphatic heterocycles. The summed E-state index contributed by atoms with van der Waals surface area (Å²) in [6, 6.07) is 0. The molecule has 4 nitrogen and oxygen atoms in total. The monoisotopic (exact) mass is 212 g/mol. The van der Waals surface area contributed by atoms with E-state index in [0.29, 0.717) is 0 Å². The minimum atomic E-state index is -1.74. The number of hydrogen-bond acceptors (Lipinski definition) is 3. The molecule has 0 spiro atoms. The van der Waals surface area contributed by atoms with Crippen LogP contribution in [0.2, 0.25) is 0 Å².